The van der Waals surface area contributed by atoms with Gasteiger partial charge in [0, 0.05) is 5.02 Å². The van der Waals surface area contributed by atoms with Crippen LogP contribution in [0.2, 0.25) is 10.0 Å². The average molecular weight is 475 g/mol. The molecule has 4 N–H and O–H groups in total. The number of benzene rings is 1. The molecular weight excluding hydrogens is 454 g/mol. The van der Waals surface area contributed by atoms with Crippen LogP contribution in [0.3, 0.4) is 0 Å². The monoisotopic (exact) mass is 474 g/mol. The van der Waals surface area contributed by atoms with Crippen molar-refractivity contribution in [2.24, 2.45) is 5.92 Å². The number of aliphatic hydroxyl groups is 1. The third-order valence-corrected chi connectivity index (χ3v) is 4.83. The Morgan fingerprint density at radius 2 is 1.94 bits per heavy atom. The van der Waals surface area contributed by atoms with Crippen molar-refractivity contribution in [2.75, 3.05) is 6.54 Å². The normalized spacial score (nSPS) is 19.5. The molecular formula is C18H21BCl2N2O8. The topological polar surface area (TPSA) is 151 Å². The Balaban J connectivity index is 2.04. The van der Waals surface area contributed by atoms with Gasteiger partial charge in [0.25, 0.3) is 5.91 Å². The van der Waals surface area contributed by atoms with Crippen LogP contribution in [-0.4, -0.2) is 65.8 Å². The van der Waals surface area contributed by atoms with Gasteiger partial charge in [0.2, 0.25) is 5.91 Å². The highest BCUT2D eigenvalue weighted by Crippen LogP contribution is 2.21. The summed E-state index contributed by atoms with van der Waals surface area (Å²) in [5.41, 5.74) is 0.0866. The third-order valence-electron chi connectivity index (χ3n) is 4.27. The molecule has 10 nitrogen and oxygen atoms in total. The van der Waals surface area contributed by atoms with E-state index in [1.807, 2.05) is 13.8 Å². The van der Waals surface area contributed by atoms with Gasteiger partial charge in [-0.05, 0) is 30.5 Å². The Hall–Kier alpha value is -2.34. The average Bonchev–Trinajstić information content (AvgIpc) is 2.68. The minimum absolute atomic E-state index is 0.00240. The maximum Gasteiger partial charge on any atom is 0.552 e. The number of halogens is 2. The number of carbonyl (C=O) groups is 4. The lowest BCUT2D eigenvalue weighted by Crippen LogP contribution is -2.61. The van der Waals surface area contributed by atoms with E-state index in [1.165, 1.54) is 18.2 Å². The number of carbonyl (C=O) groups excluding carboxylic acids is 3. The molecule has 1 aliphatic rings. The van der Waals surface area contributed by atoms with Gasteiger partial charge in [0.1, 0.15) is 0 Å². The molecule has 1 aromatic rings. The number of hydrogen-bond acceptors (Lipinski definition) is 7. The molecule has 13 heteroatoms. The van der Waals surface area contributed by atoms with Crippen molar-refractivity contribution in [2.45, 2.75) is 38.4 Å². The van der Waals surface area contributed by atoms with Crippen LogP contribution in [-0.2, 0) is 23.7 Å². The first-order chi connectivity index (χ1) is 14.5. The molecule has 0 spiro atoms. The van der Waals surface area contributed by atoms with Crippen LogP contribution in [0.1, 0.15) is 30.6 Å². The minimum Gasteiger partial charge on any atom is -0.506 e. The molecule has 1 fully saturated rings. The van der Waals surface area contributed by atoms with Crippen molar-refractivity contribution < 1.29 is 38.7 Å². The number of carboxylic acid groups (broad SMARTS) is 1. The van der Waals surface area contributed by atoms with Crippen molar-refractivity contribution in [1.29, 1.82) is 0 Å². The van der Waals surface area contributed by atoms with Crippen LogP contribution in [0.4, 0.5) is 0 Å². The summed E-state index contributed by atoms with van der Waals surface area (Å²) in [6.45, 7) is 3.22. The van der Waals surface area contributed by atoms with Gasteiger partial charge in [0.15, 0.2) is 12.2 Å². The lowest BCUT2D eigenvalue weighted by molar-refractivity contribution is -0.172. The van der Waals surface area contributed by atoms with Crippen molar-refractivity contribution in [3.63, 3.8) is 0 Å². The molecule has 2 amide bonds. The summed E-state index contributed by atoms with van der Waals surface area (Å²) in [5, 5.41) is 24.2. The molecule has 1 aliphatic heterocycles. The van der Waals surface area contributed by atoms with Gasteiger partial charge in [0.05, 0.1) is 23.1 Å². The lowest BCUT2D eigenvalue weighted by atomic mass is 9.72. The van der Waals surface area contributed by atoms with Gasteiger partial charge in [-0.2, -0.15) is 0 Å². The molecule has 0 bridgehead atoms. The first-order valence-electron chi connectivity index (χ1n) is 9.29. The van der Waals surface area contributed by atoms with Gasteiger partial charge in [-0.3, -0.25) is 14.4 Å². The number of nitrogens with one attached hydrogen (secondary N) is 2. The predicted octanol–water partition coefficient (Wildman–Crippen LogP) is 0.669. The number of hydrogen-bond donors (Lipinski definition) is 4. The van der Waals surface area contributed by atoms with E-state index in [2.05, 4.69) is 10.6 Å². The molecule has 1 saturated heterocycles. The number of aliphatic carboxylic acids is 1. The molecule has 31 heavy (non-hydrogen) atoms. The summed E-state index contributed by atoms with van der Waals surface area (Å²) < 4.78 is 10.1. The molecule has 0 saturated carbocycles. The second-order valence-corrected chi connectivity index (χ2v) is 8.10. The van der Waals surface area contributed by atoms with Crippen molar-refractivity contribution in [3.8, 4) is 0 Å². The maximum atomic E-state index is 12.4. The SMILES string of the molecule is CC(C)C[C@H](NC(=O)CNC(=O)c1cc(Cl)ccc1Cl)B1OC(=O)[C@H](O)[C@H](C(=O)O)O1. The summed E-state index contributed by atoms with van der Waals surface area (Å²) in [5.74, 6) is -4.91. The Kier molecular flexibility index (Phi) is 8.69. The van der Waals surface area contributed by atoms with Crippen molar-refractivity contribution in [1.82, 2.24) is 10.6 Å². The number of amides is 2. The van der Waals surface area contributed by atoms with Crippen LogP contribution in [0.5, 0.6) is 0 Å². The Morgan fingerprint density at radius 1 is 1.26 bits per heavy atom. The van der Waals surface area contributed by atoms with Gasteiger partial charge in [-0.25, -0.2) is 4.79 Å². The fraction of sp³-hybridized carbons (Fsp3) is 0.444. The number of aliphatic hydroxyl groups excluding tert-OH is 1. The maximum absolute atomic E-state index is 12.4. The van der Waals surface area contributed by atoms with E-state index in [-0.39, 0.29) is 22.9 Å². The highest BCUT2D eigenvalue weighted by molar-refractivity contribution is 6.50. The molecule has 168 valence electrons. The van der Waals surface area contributed by atoms with Gasteiger partial charge < -0.3 is 30.2 Å². The molecule has 0 radical (unpaired) electrons. The van der Waals surface area contributed by atoms with Crippen molar-refractivity contribution >= 4 is 54.1 Å². The van der Waals surface area contributed by atoms with Gasteiger partial charge in [-0.15, -0.1) is 0 Å². The Bertz CT molecular complexity index is 869. The fourth-order valence-electron chi connectivity index (χ4n) is 2.86. The largest absolute Gasteiger partial charge is 0.552 e. The summed E-state index contributed by atoms with van der Waals surface area (Å²) >= 11 is 11.8. The van der Waals surface area contributed by atoms with Crippen LogP contribution in [0.25, 0.3) is 0 Å². The molecule has 0 aromatic heterocycles. The fourth-order valence-corrected chi connectivity index (χ4v) is 3.23. The summed E-state index contributed by atoms with van der Waals surface area (Å²) in [4.78, 5) is 47.7. The predicted molar refractivity (Wildman–Crippen MR) is 111 cm³/mol. The quantitative estimate of drug-likeness (QED) is 0.401. The number of rotatable bonds is 8. The highest BCUT2D eigenvalue weighted by atomic mass is 35.5. The third kappa shape index (κ3) is 6.83. The van der Waals surface area contributed by atoms with E-state index >= 15 is 0 Å². The van der Waals surface area contributed by atoms with Crippen LogP contribution >= 0.6 is 23.2 Å². The van der Waals surface area contributed by atoms with Crippen LogP contribution in [0.15, 0.2) is 18.2 Å². The standard InChI is InChI=1S/C18H21BCl2N2O8/c1-8(2)5-12(19-30-15(17(27)28)14(25)18(29)31-19)23-13(24)7-22-16(26)10-6-9(20)3-4-11(10)21/h3-4,6,8,12,14-15,25H,5,7H2,1-2H3,(H,22,26)(H,23,24)(H,27,28)/t12-,14+,15+/m0/s1. The molecule has 3 atom stereocenters. The first kappa shape index (κ1) is 24.9. The van der Waals surface area contributed by atoms with Crippen molar-refractivity contribution in [3.05, 3.63) is 33.8 Å². The second kappa shape index (κ2) is 10.8. The van der Waals surface area contributed by atoms with E-state index in [4.69, 9.17) is 37.6 Å². The Morgan fingerprint density at radius 3 is 2.55 bits per heavy atom. The van der Waals surface area contributed by atoms with E-state index < -0.39 is 55.6 Å². The first-order valence-corrected chi connectivity index (χ1v) is 10.0. The van der Waals surface area contributed by atoms with Gasteiger partial charge in [-0.1, -0.05) is 37.0 Å². The lowest BCUT2D eigenvalue weighted by Gasteiger charge is -2.33. The summed E-state index contributed by atoms with van der Waals surface area (Å²) in [6.07, 6.45) is -3.55. The van der Waals surface area contributed by atoms with E-state index in [1.54, 1.807) is 0 Å². The molecule has 0 unspecified atom stereocenters. The zero-order chi connectivity index (χ0) is 23.3. The molecule has 1 heterocycles. The summed E-state index contributed by atoms with van der Waals surface area (Å²) in [7, 11) is -1.43. The smallest absolute Gasteiger partial charge is 0.506 e. The second-order valence-electron chi connectivity index (χ2n) is 7.26. The van der Waals surface area contributed by atoms with E-state index in [0.29, 0.717) is 5.02 Å². The molecule has 1 aromatic carbocycles. The molecule has 2 rings (SSSR count). The van der Waals surface area contributed by atoms with Gasteiger partial charge >= 0.3 is 19.1 Å². The number of carboxylic acids is 1. The highest BCUT2D eigenvalue weighted by Gasteiger charge is 2.49. The molecule has 0 aliphatic carbocycles. The summed E-state index contributed by atoms with van der Waals surface area (Å²) in [6, 6.07) is 4.31. The van der Waals surface area contributed by atoms with E-state index in [0.717, 1.165) is 0 Å². The van der Waals surface area contributed by atoms with Crippen LogP contribution in [0, 0.1) is 5.92 Å². The minimum atomic E-state index is -1.98. The van der Waals surface area contributed by atoms with Crippen LogP contribution < -0.4 is 10.6 Å². The van der Waals surface area contributed by atoms with E-state index in [9.17, 15) is 24.3 Å². The Labute approximate surface area is 188 Å². The zero-order valence-electron chi connectivity index (χ0n) is 16.6. The zero-order valence-corrected chi connectivity index (χ0v) is 18.1.